The van der Waals surface area contributed by atoms with Crippen molar-refractivity contribution < 1.29 is 19.9 Å². The number of benzene rings is 2. The molecular formula is C19H21N3O4. The zero-order valence-electron chi connectivity index (χ0n) is 14.1. The van der Waals surface area contributed by atoms with E-state index in [1.807, 2.05) is 66.7 Å². The van der Waals surface area contributed by atoms with Gasteiger partial charge < -0.3 is 15.7 Å². The first-order valence-electron chi connectivity index (χ1n) is 8.04. The van der Waals surface area contributed by atoms with Crippen molar-refractivity contribution in [3.8, 4) is 0 Å². The molecule has 2 amide bonds. The third-order valence-electron chi connectivity index (χ3n) is 3.68. The Balaban J connectivity index is 1.91. The average Bonchev–Trinajstić information content (AvgIpc) is 2.67. The summed E-state index contributed by atoms with van der Waals surface area (Å²) in [6.07, 6.45) is 2.79. The largest absolute Gasteiger partial charge is 0.465 e. The molecular weight excluding hydrogens is 334 g/mol. The van der Waals surface area contributed by atoms with Gasteiger partial charge in [-0.1, -0.05) is 66.7 Å². The summed E-state index contributed by atoms with van der Waals surface area (Å²) in [5, 5.41) is 22.4. The van der Waals surface area contributed by atoms with Gasteiger partial charge in [-0.05, 0) is 16.7 Å². The van der Waals surface area contributed by atoms with Gasteiger partial charge in [0, 0.05) is 13.1 Å². The highest BCUT2D eigenvalue weighted by Gasteiger charge is 2.17. The summed E-state index contributed by atoms with van der Waals surface area (Å²) in [7, 11) is 0. The number of carboxylic acid groups (broad SMARTS) is 1. The quantitative estimate of drug-likeness (QED) is 0.283. The first-order chi connectivity index (χ1) is 12.6. The second-order valence-electron chi connectivity index (χ2n) is 5.58. The van der Waals surface area contributed by atoms with Gasteiger partial charge in [-0.3, -0.25) is 10.0 Å². The second kappa shape index (κ2) is 9.97. The van der Waals surface area contributed by atoms with Gasteiger partial charge in [0.05, 0.1) is 0 Å². The van der Waals surface area contributed by atoms with Crippen LogP contribution in [0.1, 0.15) is 16.7 Å². The maximum Gasteiger partial charge on any atom is 0.404 e. The minimum atomic E-state index is -1.24. The fraction of sp³-hybridized carbons (Fsp3) is 0.158. The molecule has 2 rings (SSSR count). The molecule has 0 saturated carbocycles. The third kappa shape index (κ3) is 6.39. The second-order valence-corrected chi connectivity index (χ2v) is 5.58. The van der Waals surface area contributed by atoms with Gasteiger partial charge >= 0.3 is 6.09 Å². The molecule has 0 aliphatic carbocycles. The SMILES string of the molecule is O=C(O)NC[C@H](NCc1ccc(C=Cc2ccccc2)cc1)C(=O)NO. The first kappa shape index (κ1) is 19.2. The average molecular weight is 355 g/mol. The van der Waals surface area contributed by atoms with Crippen LogP contribution < -0.4 is 16.1 Å². The molecule has 0 aliphatic rings. The van der Waals surface area contributed by atoms with E-state index < -0.39 is 18.0 Å². The topological polar surface area (TPSA) is 111 Å². The third-order valence-corrected chi connectivity index (χ3v) is 3.68. The van der Waals surface area contributed by atoms with Crippen LogP contribution in [0.2, 0.25) is 0 Å². The lowest BCUT2D eigenvalue weighted by Crippen LogP contribution is -2.49. The summed E-state index contributed by atoms with van der Waals surface area (Å²) < 4.78 is 0. The molecule has 0 heterocycles. The maximum absolute atomic E-state index is 11.6. The number of hydrogen-bond acceptors (Lipinski definition) is 4. The monoisotopic (exact) mass is 355 g/mol. The van der Waals surface area contributed by atoms with E-state index >= 15 is 0 Å². The van der Waals surface area contributed by atoms with E-state index in [9.17, 15) is 9.59 Å². The number of rotatable bonds is 8. The van der Waals surface area contributed by atoms with Gasteiger partial charge in [-0.2, -0.15) is 0 Å². The van der Waals surface area contributed by atoms with Crippen LogP contribution in [0.25, 0.3) is 12.2 Å². The maximum atomic E-state index is 11.6. The van der Waals surface area contributed by atoms with Crippen molar-refractivity contribution >= 4 is 24.2 Å². The van der Waals surface area contributed by atoms with Crippen molar-refractivity contribution in [3.63, 3.8) is 0 Å². The van der Waals surface area contributed by atoms with Gasteiger partial charge in [0.25, 0.3) is 5.91 Å². The van der Waals surface area contributed by atoms with Crippen molar-refractivity contribution in [1.29, 1.82) is 0 Å². The summed E-state index contributed by atoms with van der Waals surface area (Å²) in [6, 6.07) is 16.8. The Morgan fingerprint density at radius 2 is 1.58 bits per heavy atom. The number of amides is 2. The molecule has 26 heavy (non-hydrogen) atoms. The Kier molecular flexibility index (Phi) is 7.35. The van der Waals surface area contributed by atoms with E-state index in [1.54, 1.807) is 0 Å². The summed E-state index contributed by atoms with van der Waals surface area (Å²) in [5.74, 6) is -0.707. The zero-order valence-corrected chi connectivity index (χ0v) is 14.1. The fourth-order valence-electron chi connectivity index (χ4n) is 2.27. The molecule has 7 heteroatoms. The molecule has 2 aromatic carbocycles. The van der Waals surface area contributed by atoms with Crippen molar-refractivity contribution in [2.75, 3.05) is 6.54 Å². The van der Waals surface area contributed by atoms with Crippen molar-refractivity contribution in [1.82, 2.24) is 16.1 Å². The molecule has 0 saturated heterocycles. The highest BCUT2D eigenvalue weighted by atomic mass is 16.5. The van der Waals surface area contributed by atoms with Crippen LogP contribution in [0, 0.1) is 0 Å². The molecule has 0 aliphatic heterocycles. The fourth-order valence-corrected chi connectivity index (χ4v) is 2.27. The Morgan fingerprint density at radius 1 is 0.962 bits per heavy atom. The minimum Gasteiger partial charge on any atom is -0.465 e. The van der Waals surface area contributed by atoms with Crippen molar-refractivity contribution in [2.24, 2.45) is 0 Å². The summed E-state index contributed by atoms with van der Waals surface area (Å²) in [6.45, 7) is 0.196. The summed E-state index contributed by atoms with van der Waals surface area (Å²) in [4.78, 5) is 22.1. The van der Waals surface area contributed by atoms with Crippen LogP contribution in [0.4, 0.5) is 4.79 Å². The number of hydrogen-bond donors (Lipinski definition) is 5. The Morgan fingerprint density at radius 3 is 2.15 bits per heavy atom. The number of carbonyl (C=O) groups is 2. The molecule has 0 radical (unpaired) electrons. The number of hydroxylamine groups is 1. The van der Waals surface area contributed by atoms with E-state index in [1.165, 1.54) is 5.48 Å². The molecule has 0 fully saturated rings. The number of nitrogens with one attached hydrogen (secondary N) is 3. The highest BCUT2D eigenvalue weighted by molar-refractivity contribution is 5.81. The van der Waals surface area contributed by atoms with Crippen molar-refractivity contribution in [3.05, 3.63) is 71.3 Å². The van der Waals surface area contributed by atoms with E-state index in [4.69, 9.17) is 10.3 Å². The van der Waals surface area contributed by atoms with Crippen LogP contribution in [-0.4, -0.2) is 34.9 Å². The molecule has 1 atom stereocenters. The Hall–Kier alpha value is -3.16. The molecule has 0 spiro atoms. The summed E-state index contributed by atoms with van der Waals surface area (Å²) in [5.41, 5.74) is 4.60. The van der Waals surface area contributed by atoms with E-state index in [0.29, 0.717) is 6.54 Å². The molecule has 0 unspecified atom stereocenters. The summed E-state index contributed by atoms with van der Waals surface area (Å²) >= 11 is 0. The molecule has 0 bridgehead atoms. The predicted molar refractivity (Wildman–Crippen MR) is 98.4 cm³/mol. The molecule has 7 nitrogen and oxygen atoms in total. The smallest absolute Gasteiger partial charge is 0.404 e. The standard InChI is InChI=1S/C19H21N3O4/c23-18(22-26)17(13-21-19(24)25)20-12-16-10-8-15(9-11-16)7-6-14-4-2-1-3-5-14/h1-11,17,20-21,26H,12-13H2,(H,22,23)(H,24,25)/t17-/m0/s1. The first-order valence-corrected chi connectivity index (χ1v) is 8.04. The lowest BCUT2D eigenvalue weighted by atomic mass is 10.1. The van der Waals surface area contributed by atoms with Crippen molar-refractivity contribution in [2.45, 2.75) is 12.6 Å². The number of carbonyl (C=O) groups excluding carboxylic acids is 1. The van der Waals surface area contributed by atoms with Crippen LogP contribution >= 0.6 is 0 Å². The predicted octanol–water partition coefficient (Wildman–Crippen LogP) is 2.09. The Bertz CT molecular complexity index is 745. The lowest BCUT2D eigenvalue weighted by Gasteiger charge is -2.16. The zero-order chi connectivity index (χ0) is 18.8. The minimum absolute atomic E-state index is 0.153. The van der Waals surface area contributed by atoms with Gasteiger partial charge in [-0.15, -0.1) is 0 Å². The molecule has 0 aromatic heterocycles. The van der Waals surface area contributed by atoms with Gasteiger partial charge in [0.2, 0.25) is 0 Å². The van der Waals surface area contributed by atoms with E-state index in [0.717, 1.165) is 16.7 Å². The molecule has 136 valence electrons. The van der Waals surface area contributed by atoms with Crippen LogP contribution in [0.3, 0.4) is 0 Å². The molecule has 2 aromatic rings. The van der Waals surface area contributed by atoms with E-state index in [2.05, 4.69) is 10.6 Å². The van der Waals surface area contributed by atoms with E-state index in [-0.39, 0.29) is 6.54 Å². The van der Waals surface area contributed by atoms with Crippen LogP contribution in [0.15, 0.2) is 54.6 Å². The highest BCUT2D eigenvalue weighted by Crippen LogP contribution is 2.10. The normalized spacial score (nSPS) is 11.9. The van der Waals surface area contributed by atoms with Gasteiger partial charge in [-0.25, -0.2) is 10.3 Å². The lowest BCUT2D eigenvalue weighted by molar-refractivity contribution is -0.131. The van der Waals surface area contributed by atoms with Crippen LogP contribution in [-0.2, 0) is 11.3 Å². The van der Waals surface area contributed by atoms with Gasteiger partial charge in [0.1, 0.15) is 6.04 Å². The van der Waals surface area contributed by atoms with Crippen LogP contribution in [0.5, 0.6) is 0 Å². The van der Waals surface area contributed by atoms with Gasteiger partial charge in [0.15, 0.2) is 0 Å². The Labute approximate surface area is 151 Å². The molecule has 5 N–H and O–H groups in total.